The maximum Gasteiger partial charge on any atom is 0.239 e. The molecule has 1 aromatic heterocycles. The molecule has 1 aliphatic carbocycles. The molecule has 2 aliphatic rings. The van der Waals surface area contributed by atoms with E-state index in [4.69, 9.17) is 0 Å². The van der Waals surface area contributed by atoms with E-state index in [1.165, 1.54) is 32.1 Å². The summed E-state index contributed by atoms with van der Waals surface area (Å²) in [7, 11) is 1.88. The van der Waals surface area contributed by atoms with Gasteiger partial charge in [-0.3, -0.25) is 9.78 Å². The number of likely N-dealkylation sites (N-methyl/N-ethyl adjacent to an activating group) is 1. The van der Waals surface area contributed by atoms with Gasteiger partial charge < -0.3 is 10.2 Å². The van der Waals surface area contributed by atoms with Gasteiger partial charge in [-0.2, -0.15) is 0 Å². The predicted molar refractivity (Wildman–Crippen MR) is 82.6 cm³/mol. The fourth-order valence-electron chi connectivity index (χ4n) is 3.77. The second-order valence-corrected chi connectivity index (χ2v) is 6.46. The highest BCUT2D eigenvalue weighted by Gasteiger charge is 2.35. The van der Waals surface area contributed by atoms with Gasteiger partial charge >= 0.3 is 0 Å². The Kier molecular flexibility index (Phi) is 4.54. The van der Waals surface area contributed by atoms with Crippen LogP contribution >= 0.6 is 0 Å². The van der Waals surface area contributed by atoms with Crippen LogP contribution in [-0.2, 0) is 11.3 Å². The van der Waals surface area contributed by atoms with Crippen molar-refractivity contribution in [2.45, 2.75) is 57.2 Å². The van der Waals surface area contributed by atoms with Crippen LogP contribution in [-0.4, -0.2) is 34.9 Å². The number of carbonyl (C=O) groups excluding carboxylic acids is 1. The average molecular weight is 287 g/mol. The normalized spacial score (nSPS) is 28.7. The maximum atomic E-state index is 12.6. The molecule has 1 aromatic rings. The summed E-state index contributed by atoms with van der Waals surface area (Å²) in [4.78, 5) is 18.7. The monoisotopic (exact) mass is 287 g/mol. The summed E-state index contributed by atoms with van der Waals surface area (Å²) in [5.41, 5.74) is 0.944. The molecule has 0 aromatic carbocycles. The van der Waals surface area contributed by atoms with E-state index < -0.39 is 0 Å². The van der Waals surface area contributed by atoms with Gasteiger partial charge in [0.05, 0.1) is 18.3 Å². The Morgan fingerprint density at radius 3 is 2.95 bits per heavy atom. The van der Waals surface area contributed by atoms with E-state index >= 15 is 0 Å². The van der Waals surface area contributed by atoms with Crippen LogP contribution in [0.5, 0.6) is 0 Å². The maximum absolute atomic E-state index is 12.6. The highest BCUT2D eigenvalue weighted by atomic mass is 16.2. The van der Waals surface area contributed by atoms with E-state index in [1.807, 2.05) is 30.1 Å². The Bertz CT molecular complexity index is 476. The topological polar surface area (TPSA) is 45.2 Å². The van der Waals surface area contributed by atoms with Gasteiger partial charge in [-0.25, -0.2) is 0 Å². The van der Waals surface area contributed by atoms with Crippen molar-refractivity contribution in [3.8, 4) is 0 Å². The molecule has 3 rings (SSSR count). The lowest BCUT2D eigenvalue weighted by atomic mass is 9.77. The molecule has 3 unspecified atom stereocenters. The minimum atomic E-state index is -0.00179. The van der Waals surface area contributed by atoms with Gasteiger partial charge in [-0.1, -0.05) is 18.9 Å². The largest absolute Gasteiger partial charge is 0.339 e. The zero-order chi connectivity index (χ0) is 14.7. The van der Waals surface area contributed by atoms with Crippen LogP contribution < -0.4 is 5.32 Å². The van der Waals surface area contributed by atoms with Crippen molar-refractivity contribution in [2.24, 2.45) is 5.92 Å². The van der Waals surface area contributed by atoms with E-state index in [0.717, 1.165) is 18.0 Å². The molecule has 2 heterocycles. The lowest BCUT2D eigenvalue weighted by Gasteiger charge is -2.40. The van der Waals surface area contributed by atoms with Crippen molar-refractivity contribution in [3.63, 3.8) is 0 Å². The SMILES string of the molecule is CN(Cc1ccccn1)C(=O)C1CCC2CCCCC2N1. The Labute approximate surface area is 126 Å². The molecular weight excluding hydrogens is 262 g/mol. The molecule has 21 heavy (non-hydrogen) atoms. The number of aromatic nitrogens is 1. The molecule has 1 N–H and O–H groups in total. The zero-order valence-corrected chi connectivity index (χ0v) is 12.8. The van der Waals surface area contributed by atoms with Crippen molar-refractivity contribution in [3.05, 3.63) is 30.1 Å². The summed E-state index contributed by atoms with van der Waals surface area (Å²) in [6.45, 7) is 0.589. The lowest BCUT2D eigenvalue weighted by molar-refractivity contribution is -0.134. The summed E-state index contributed by atoms with van der Waals surface area (Å²) in [6.07, 6.45) is 9.19. The number of piperidine rings is 1. The minimum absolute atomic E-state index is 0.00179. The fraction of sp³-hybridized carbons (Fsp3) is 0.647. The van der Waals surface area contributed by atoms with E-state index in [2.05, 4.69) is 10.3 Å². The number of hydrogen-bond acceptors (Lipinski definition) is 3. The van der Waals surface area contributed by atoms with E-state index in [0.29, 0.717) is 12.6 Å². The quantitative estimate of drug-likeness (QED) is 0.928. The van der Waals surface area contributed by atoms with Crippen molar-refractivity contribution < 1.29 is 4.79 Å². The molecule has 1 saturated carbocycles. The first kappa shape index (κ1) is 14.5. The molecule has 3 atom stereocenters. The van der Waals surface area contributed by atoms with Crippen LogP contribution in [0.25, 0.3) is 0 Å². The highest BCUT2D eigenvalue weighted by Crippen LogP contribution is 2.32. The highest BCUT2D eigenvalue weighted by molar-refractivity contribution is 5.81. The number of carbonyl (C=O) groups is 1. The summed E-state index contributed by atoms with van der Waals surface area (Å²) >= 11 is 0. The smallest absolute Gasteiger partial charge is 0.239 e. The van der Waals surface area contributed by atoms with Gasteiger partial charge in [-0.05, 0) is 43.7 Å². The first-order valence-corrected chi connectivity index (χ1v) is 8.15. The van der Waals surface area contributed by atoms with E-state index in [1.54, 1.807) is 6.20 Å². The Morgan fingerprint density at radius 2 is 2.14 bits per heavy atom. The Balaban J connectivity index is 1.57. The molecule has 4 heteroatoms. The standard InChI is InChI=1S/C17H25N3O/c1-20(12-14-7-4-5-11-18-14)17(21)16-10-9-13-6-2-3-8-15(13)19-16/h4-5,7,11,13,15-16,19H,2-3,6,8-10,12H2,1H3. The number of fused-ring (bicyclic) bond motifs is 1. The molecular formula is C17H25N3O. The van der Waals surface area contributed by atoms with Gasteiger partial charge in [0.2, 0.25) is 5.91 Å². The van der Waals surface area contributed by atoms with Crippen LogP contribution in [0.4, 0.5) is 0 Å². The van der Waals surface area contributed by atoms with Gasteiger partial charge in [0.15, 0.2) is 0 Å². The molecule has 1 saturated heterocycles. The van der Waals surface area contributed by atoms with E-state index in [9.17, 15) is 4.79 Å². The molecule has 4 nitrogen and oxygen atoms in total. The third kappa shape index (κ3) is 3.43. The van der Waals surface area contributed by atoms with Crippen LogP contribution in [0.2, 0.25) is 0 Å². The summed E-state index contributed by atoms with van der Waals surface area (Å²) in [6, 6.07) is 6.39. The first-order valence-electron chi connectivity index (χ1n) is 8.15. The second-order valence-electron chi connectivity index (χ2n) is 6.46. The molecule has 1 aliphatic heterocycles. The Morgan fingerprint density at radius 1 is 1.29 bits per heavy atom. The summed E-state index contributed by atoms with van der Waals surface area (Å²) in [5, 5.41) is 3.61. The fourth-order valence-corrected chi connectivity index (χ4v) is 3.77. The third-order valence-corrected chi connectivity index (χ3v) is 4.95. The first-order chi connectivity index (χ1) is 10.2. The molecule has 114 valence electrons. The van der Waals surface area contributed by atoms with Gasteiger partial charge in [-0.15, -0.1) is 0 Å². The number of rotatable bonds is 3. The van der Waals surface area contributed by atoms with Crippen molar-refractivity contribution in [1.82, 2.24) is 15.2 Å². The van der Waals surface area contributed by atoms with Gasteiger partial charge in [0.1, 0.15) is 0 Å². The number of pyridine rings is 1. The number of hydrogen-bond donors (Lipinski definition) is 1. The number of amides is 1. The molecule has 2 fully saturated rings. The van der Waals surface area contributed by atoms with E-state index in [-0.39, 0.29) is 11.9 Å². The third-order valence-electron chi connectivity index (χ3n) is 4.95. The van der Waals surface area contributed by atoms with Crippen molar-refractivity contribution in [2.75, 3.05) is 7.05 Å². The minimum Gasteiger partial charge on any atom is -0.339 e. The molecule has 0 radical (unpaired) electrons. The van der Waals surface area contributed by atoms with Crippen molar-refractivity contribution >= 4 is 5.91 Å². The van der Waals surface area contributed by atoms with Crippen molar-refractivity contribution in [1.29, 1.82) is 0 Å². The lowest BCUT2D eigenvalue weighted by Crippen LogP contribution is -2.55. The summed E-state index contributed by atoms with van der Waals surface area (Å²) in [5.74, 6) is 1.01. The second kappa shape index (κ2) is 6.56. The molecule has 0 bridgehead atoms. The number of nitrogens with one attached hydrogen (secondary N) is 1. The van der Waals surface area contributed by atoms with Crippen LogP contribution in [0.3, 0.4) is 0 Å². The van der Waals surface area contributed by atoms with Gasteiger partial charge in [0, 0.05) is 19.3 Å². The average Bonchev–Trinajstić information content (AvgIpc) is 2.54. The predicted octanol–water partition coefficient (Wildman–Crippen LogP) is 2.35. The zero-order valence-electron chi connectivity index (χ0n) is 12.8. The Hall–Kier alpha value is -1.42. The molecule has 1 amide bonds. The van der Waals surface area contributed by atoms with Crippen LogP contribution in [0.15, 0.2) is 24.4 Å². The van der Waals surface area contributed by atoms with Crippen LogP contribution in [0.1, 0.15) is 44.2 Å². The van der Waals surface area contributed by atoms with Gasteiger partial charge in [0.25, 0.3) is 0 Å². The van der Waals surface area contributed by atoms with Crippen LogP contribution in [0, 0.1) is 5.92 Å². The molecule has 0 spiro atoms. The number of nitrogens with zero attached hydrogens (tertiary/aromatic N) is 2. The summed E-state index contributed by atoms with van der Waals surface area (Å²) < 4.78 is 0.